The van der Waals surface area contributed by atoms with Gasteiger partial charge in [0, 0.05) is 11.6 Å². The molecule has 0 amide bonds. The number of nitrogens with two attached hydrogens (primary N) is 1. The number of benzene rings is 1. The van der Waals surface area contributed by atoms with E-state index in [1.165, 1.54) is 11.1 Å². The summed E-state index contributed by atoms with van der Waals surface area (Å²) in [7, 11) is 0. The fraction of sp³-hybridized carbons (Fsp3) is 0.250. The van der Waals surface area contributed by atoms with Crippen LogP contribution in [0.1, 0.15) is 30.4 Å². The highest BCUT2D eigenvalue weighted by Crippen LogP contribution is 2.36. The zero-order chi connectivity index (χ0) is 10.8. The fourth-order valence-corrected chi connectivity index (χ4v) is 2.22. The molecule has 2 nitrogen and oxygen atoms in total. The Morgan fingerprint density at radius 2 is 2.20 bits per heavy atom. The van der Waals surface area contributed by atoms with Crippen molar-refractivity contribution in [1.29, 1.82) is 0 Å². The van der Waals surface area contributed by atoms with E-state index in [4.69, 9.17) is 18.0 Å². The SMILES string of the molecule is CCC1C(NC(N)=S)=Cc2ccccc21. The smallest absolute Gasteiger partial charge is 0.167 e. The lowest BCUT2D eigenvalue weighted by Gasteiger charge is -2.15. The molecule has 1 aromatic carbocycles. The van der Waals surface area contributed by atoms with Crippen LogP contribution in [0.4, 0.5) is 0 Å². The summed E-state index contributed by atoms with van der Waals surface area (Å²) < 4.78 is 0. The molecule has 15 heavy (non-hydrogen) atoms. The molecule has 0 aliphatic heterocycles. The van der Waals surface area contributed by atoms with Gasteiger partial charge in [-0.1, -0.05) is 31.2 Å². The van der Waals surface area contributed by atoms with Crippen molar-refractivity contribution in [2.45, 2.75) is 19.3 Å². The molecule has 0 heterocycles. The van der Waals surface area contributed by atoms with Crippen LogP contribution in [0.5, 0.6) is 0 Å². The molecule has 1 aromatic rings. The van der Waals surface area contributed by atoms with E-state index in [-0.39, 0.29) is 0 Å². The van der Waals surface area contributed by atoms with Gasteiger partial charge in [-0.2, -0.15) is 0 Å². The maximum absolute atomic E-state index is 5.50. The van der Waals surface area contributed by atoms with Crippen LogP contribution in [-0.4, -0.2) is 5.11 Å². The van der Waals surface area contributed by atoms with Crippen LogP contribution >= 0.6 is 12.2 Å². The third-order valence-corrected chi connectivity index (χ3v) is 2.84. The number of hydrogen-bond donors (Lipinski definition) is 2. The normalized spacial score (nSPS) is 18.2. The first-order valence-corrected chi connectivity index (χ1v) is 5.50. The molecule has 1 aliphatic rings. The molecule has 3 heteroatoms. The number of thiocarbonyl (C=S) groups is 1. The molecule has 0 aromatic heterocycles. The van der Waals surface area contributed by atoms with Crippen LogP contribution in [0.25, 0.3) is 6.08 Å². The van der Waals surface area contributed by atoms with Gasteiger partial charge in [0.2, 0.25) is 0 Å². The van der Waals surface area contributed by atoms with Crippen LogP contribution in [-0.2, 0) is 0 Å². The van der Waals surface area contributed by atoms with Crippen molar-refractivity contribution in [1.82, 2.24) is 5.32 Å². The summed E-state index contributed by atoms with van der Waals surface area (Å²) in [6.07, 6.45) is 3.18. The second kappa shape index (κ2) is 4.03. The van der Waals surface area contributed by atoms with E-state index in [0.29, 0.717) is 11.0 Å². The van der Waals surface area contributed by atoms with Crippen LogP contribution in [0.15, 0.2) is 30.0 Å². The Bertz CT molecular complexity index is 423. The van der Waals surface area contributed by atoms with Crippen LogP contribution in [0.3, 0.4) is 0 Å². The van der Waals surface area contributed by atoms with Gasteiger partial charge < -0.3 is 11.1 Å². The molecule has 3 N–H and O–H groups in total. The number of allylic oxidation sites excluding steroid dienone is 1. The number of fused-ring (bicyclic) bond motifs is 1. The van der Waals surface area contributed by atoms with E-state index in [0.717, 1.165) is 12.1 Å². The van der Waals surface area contributed by atoms with Gasteiger partial charge in [-0.25, -0.2) is 0 Å². The molecule has 0 spiro atoms. The Morgan fingerprint density at radius 3 is 2.87 bits per heavy atom. The van der Waals surface area contributed by atoms with Gasteiger partial charge in [0.25, 0.3) is 0 Å². The van der Waals surface area contributed by atoms with Gasteiger partial charge in [-0.3, -0.25) is 0 Å². The van der Waals surface area contributed by atoms with E-state index >= 15 is 0 Å². The van der Waals surface area contributed by atoms with E-state index in [2.05, 4.69) is 36.5 Å². The Morgan fingerprint density at radius 1 is 1.47 bits per heavy atom. The topological polar surface area (TPSA) is 38.0 Å². The molecule has 0 fully saturated rings. The van der Waals surface area contributed by atoms with Crippen molar-refractivity contribution in [2.24, 2.45) is 5.73 Å². The highest BCUT2D eigenvalue weighted by Gasteiger charge is 2.23. The molecule has 0 bridgehead atoms. The Labute approximate surface area is 95.2 Å². The van der Waals surface area contributed by atoms with Crippen molar-refractivity contribution in [3.05, 3.63) is 41.1 Å². The van der Waals surface area contributed by atoms with Crippen LogP contribution < -0.4 is 11.1 Å². The van der Waals surface area contributed by atoms with Gasteiger partial charge in [-0.05, 0) is 35.8 Å². The summed E-state index contributed by atoms with van der Waals surface area (Å²) in [4.78, 5) is 0. The molecular formula is C12H14N2S. The Balaban J connectivity index is 2.34. The molecule has 0 radical (unpaired) electrons. The van der Waals surface area contributed by atoms with Gasteiger partial charge in [0.05, 0.1) is 0 Å². The highest BCUT2D eigenvalue weighted by atomic mass is 32.1. The lowest BCUT2D eigenvalue weighted by atomic mass is 9.97. The van der Waals surface area contributed by atoms with E-state index in [1.807, 2.05) is 6.07 Å². The third kappa shape index (κ3) is 1.88. The average Bonchev–Trinajstić information content (AvgIpc) is 2.53. The Kier molecular flexibility index (Phi) is 2.73. The summed E-state index contributed by atoms with van der Waals surface area (Å²) >= 11 is 4.87. The molecule has 0 saturated carbocycles. The largest absolute Gasteiger partial charge is 0.376 e. The molecular weight excluding hydrogens is 204 g/mol. The molecule has 2 rings (SSSR count). The predicted octanol–water partition coefficient (Wildman–Crippen LogP) is 2.37. The van der Waals surface area contributed by atoms with Gasteiger partial charge in [-0.15, -0.1) is 0 Å². The van der Waals surface area contributed by atoms with Crippen molar-refractivity contribution >= 4 is 23.4 Å². The van der Waals surface area contributed by atoms with Crippen molar-refractivity contribution in [3.8, 4) is 0 Å². The second-order valence-corrected chi connectivity index (χ2v) is 4.12. The first kappa shape index (κ1) is 10.2. The van der Waals surface area contributed by atoms with E-state index in [9.17, 15) is 0 Å². The summed E-state index contributed by atoms with van der Waals surface area (Å²) in [5, 5.41) is 3.40. The molecule has 1 aliphatic carbocycles. The zero-order valence-corrected chi connectivity index (χ0v) is 9.47. The standard InChI is InChI=1S/C12H14N2S/c1-2-9-10-6-4-3-5-8(10)7-11(9)14-12(13)15/h3-7,9H,2H2,1H3,(H3,13,14,15). The van der Waals surface area contributed by atoms with Crippen molar-refractivity contribution < 1.29 is 0 Å². The molecule has 78 valence electrons. The van der Waals surface area contributed by atoms with Gasteiger partial charge in [0.15, 0.2) is 5.11 Å². The van der Waals surface area contributed by atoms with Crippen molar-refractivity contribution in [2.75, 3.05) is 0 Å². The monoisotopic (exact) mass is 218 g/mol. The highest BCUT2D eigenvalue weighted by molar-refractivity contribution is 7.80. The zero-order valence-electron chi connectivity index (χ0n) is 8.66. The molecule has 1 atom stereocenters. The molecule has 0 saturated heterocycles. The summed E-state index contributed by atoms with van der Waals surface area (Å²) in [6, 6.07) is 8.39. The minimum Gasteiger partial charge on any atom is -0.376 e. The Hall–Kier alpha value is -1.35. The maximum atomic E-state index is 5.50. The van der Waals surface area contributed by atoms with E-state index < -0.39 is 0 Å². The number of rotatable bonds is 2. The van der Waals surface area contributed by atoms with Gasteiger partial charge in [0.1, 0.15) is 0 Å². The summed E-state index contributed by atoms with van der Waals surface area (Å²) in [6.45, 7) is 2.17. The lowest BCUT2D eigenvalue weighted by Crippen LogP contribution is -2.29. The molecule has 1 unspecified atom stereocenters. The third-order valence-electron chi connectivity index (χ3n) is 2.73. The lowest BCUT2D eigenvalue weighted by molar-refractivity contribution is 0.745. The minimum atomic E-state index is 0.340. The minimum absolute atomic E-state index is 0.340. The first-order valence-electron chi connectivity index (χ1n) is 5.09. The van der Waals surface area contributed by atoms with Crippen molar-refractivity contribution in [3.63, 3.8) is 0 Å². The predicted molar refractivity (Wildman–Crippen MR) is 67.4 cm³/mol. The average molecular weight is 218 g/mol. The second-order valence-electron chi connectivity index (χ2n) is 3.68. The quantitative estimate of drug-likeness (QED) is 0.748. The number of hydrogen-bond acceptors (Lipinski definition) is 1. The van der Waals surface area contributed by atoms with E-state index in [1.54, 1.807) is 0 Å². The maximum Gasteiger partial charge on any atom is 0.167 e. The van der Waals surface area contributed by atoms with Gasteiger partial charge >= 0.3 is 0 Å². The van der Waals surface area contributed by atoms with Crippen LogP contribution in [0, 0.1) is 0 Å². The number of nitrogens with one attached hydrogen (secondary N) is 1. The fourth-order valence-electron chi connectivity index (χ4n) is 2.10. The summed E-state index contributed by atoms with van der Waals surface area (Å²) in [5.74, 6) is 0.405. The summed E-state index contributed by atoms with van der Waals surface area (Å²) in [5.41, 5.74) is 9.25. The van der Waals surface area contributed by atoms with Crippen LogP contribution in [0.2, 0.25) is 0 Å². The first-order chi connectivity index (χ1) is 7.22.